The molecule has 30 heavy (non-hydrogen) atoms. The molecule has 0 bridgehead atoms. The standard InChI is InChI=1S/C23H32N6O/c1-14-9-11-28(12-10-14)20(21-25-26-27-29(21)23(4,5)6)18-13-17-15(2)7-8-16(3)19(17)24-22(18)30/h7-8,13-14,20H,9-12H2,1-6H3,(H,24,30)/t20-/m0/s1. The third-order valence-electron chi connectivity index (χ3n) is 6.32. The Hall–Kier alpha value is -2.54. The molecule has 1 aliphatic rings. The summed E-state index contributed by atoms with van der Waals surface area (Å²) in [4.78, 5) is 18.9. The number of aromatic nitrogens is 5. The lowest BCUT2D eigenvalue weighted by Crippen LogP contribution is -2.41. The van der Waals surface area contributed by atoms with E-state index < -0.39 is 0 Å². The van der Waals surface area contributed by atoms with Gasteiger partial charge in [0.2, 0.25) is 0 Å². The van der Waals surface area contributed by atoms with Gasteiger partial charge in [-0.05, 0) is 94.1 Å². The van der Waals surface area contributed by atoms with Crippen molar-refractivity contribution in [2.45, 2.75) is 66.0 Å². The summed E-state index contributed by atoms with van der Waals surface area (Å²) in [6.45, 7) is 14.5. The number of hydrogen-bond donors (Lipinski definition) is 1. The monoisotopic (exact) mass is 408 g/mol. The highest BCUT2D eigenvalue weighted by atomic mass is 16.1. The Kier molecular flexibility index (Phi) is 5.26. The lowest BCUT2D eigenvalue weighted by atomic mass is 9.94. The Morgan fingerprint density at radius 1 is 1.13 bits per heavy atom. The summed E-state index contributed by atoms with van der Waals surface area (Å²) < 4.78 is 1.86. The molecule has 0 saturated carbocycles. The van der Waals surface area contributed by atoms with Gasteiger partial charge < -0.3 is 4.98 Å². The largest absolute Gasteiger partial charge is 0.321 e. The normalized spacial score (nSPS) is 17.5. The highest BCUT2D eigenvalue weighted by Gasteiger charge is 2.34. The van der Waals surface area contributed by atoms with E-state index in [1.165, 1.54) is 0 Å². The maximum absolute atomic E-state index is 13.3. The molecule has 1 fully saturated rings. The molecular weight excluding hydrogens is 376 g/mol. The van der Waals surface area contributed by atoms with Crippen LogP contribution in [0.5, 0.6) is 0 Å². The minimum absolute atomic E-state index is 0.0664. The molecule has 1 aliphatic heterocycles. The van der Waals surface area contributed by atoms with Crippen LogP contribution in [-0.4, -0.2) is 43.2 Å². The van der Waals surface area contributed by atoms with Crippen molar-refractivity contribution >= 4 is 10.9 Å². The van der Waals surface area contributed by atoms with E-state index in [-0.39, 0.29) is 17.1 Å². The second-order valence-corrected chi connectivity index (χ2v) is 9.78. The first-order valence-corrected chi connectivity index (χ1v) is 10.8. The van der Waals surface area contributed by atoms with Gasteiger partial charge in [0.25, 0.3) is 5.56 Å². The summed E-state index contributed by atoms with van der Waals surface area (Å²) in [6.07, 6.45) is 2.22. The number of fused-ring (bicyclic) bond motifs is 1. The second-order valence-electron chi connectivity index (χ2n) is 9.78. The van der Waals surface area contributed by atoms with Crippen LogP contribution in [0.25, 0.3) is 10.9 Å². The average molecular weight is 409 g/mol. The lowest BCUT2D eigenvalue weighted by Gasteiger charge is -2.37. The molecule has 1 atom stereocenters. The van der Waals surface area contributed by atoms with Gasteiger partial charge in [-0.2, -0.15) is 0 Å². The Labute approximate surface area is 177 Å². The van der Waals surface area contributed by atoms with Crippen LogP contribution in [0.4, 0.5) is 0 Å². The summed E-state index contributed by atoms with van der Waals surface area (Å²) in [7, 11) is 0. The third-order valence-corrected chi connectivity index (χ3v) is 6.32. The molecule has 3 heterocycles. The Balaban J connectivity index is 1.93. The molecule has 0 aliphatic carbocycles. The molecule has 3 aromatic rings. The fourth-order valence-corrected chi connectivity index (χ4v) is 4.42. The number of aryl methyl sites for hydroxylation is 2. The van der Waals surface area contributed by atoms with Crippen LogP contribution in [0.15, 0.2) is 23.0 Å². The van der Waals surface area contributed by atoms with Crippen molar-refractivity contribution in [2.24, 2.45) is 5.92 Å². The summed E-state index contributed by atoms with van der Waals surface area (Å²) in [5.74, 6) is 1.42. The number of aromatic amines is 1. The van der Waals surface area contributed by atoms with Crippen LogP contribution >= 0.6 is 0 Å². The van der Waals surface area contributed by atoms with E-state index >= 15 is 0 Å². The molecule has 7 heteroatoms. The molecule has 2 aromatic heterocycles. The highest BCUT2D eigenvalue weighted by molar-refractivity contribution is 5.85. The maximum atomic E-state index is 13.3. The zero-order valence-electron chi connectivity index (χ0n) is 18.9. The minimum atomic E-state index is -0.281. The first-order valence-electron chi connectivity index (χ1n) is 10.8. The fourth-order valence-electron chi connectivity index (χ4n) is 4.42. The topological polar surface area (TPSA) is 79.7 Å². The van der Waals surface area contributed by atoms with E-state index in [2.05, 4.69) is 78.2 Å². The van der Waals surface area contributed by atoms with Gasteiger partial charge in [0.05, 0.1) is 11.1 Å². The molecule has 1 N–H and O–H groups in total. The zero-order valence-corrected chi connectivity index (χ0v) is 18.9. The molecular formula is C23H32N6O. The molecule has 0 amide bonds. The predicted molar refractivity (Wildman–Crippen MR) is 119 cm³/mol. The van der Waals surface area contributed by atoms with Crippen molar-refractivity contribution < 1.29 is 0 Å². The van der Waals surface area contributed by atoms with Gasteiger partial charge in [-0.3, -0.25) is 9.69 Å². The number of hydrogen-bond acceptors (Lipinski definition) is 5. The molecule has 1 saturated heterocycles. The highest BCUT2D eigenvalue weighted by Crippen LogP contribution is 2.33. The lowest BCUT2D eigenvalue weighted by molar-refractivity contribution is 0.144. The first kappa shape index (κ1) is 20.7. The minimum Gasteiger partial charge on any atom is -0.321 e. The maximum Gasteiger partial charge on any atom is 0.253 e. The van der Waals surface area contributed by atoms with E-state index in [1.54, 1.807) is 0 Å². The number of benzene rings is 1. The van der Waals surface area contributed by atoms with E-state index in [1.807, 2.05) is 11.6 Å². The number of nitrogens with one attached hydrogen (secondary N) is 1. The van der Waals surface area contributed by atoms with Gasteiger partial charge in [-0.15, -0.1) is 5.10 Å². The van der Waals surface area contributed by atoms with Crippen LogP contribution in [0.2, 0.25) is 0 Å². The number of likely N-dealkylation sites (tertiary alicyclic amines) is 1. The van der Waals surface area contributed by atoms with Crippen molar-refractivity contribution in [2.75, 3.05) is 13.1 Å². The molecule has 160 valence electrons. The van der Waals surface area contributed by atoms with Gasteiger partial charge >= 0.3 is 0 Å². The van der Waals surface area contributed by atoms with E-state index in [0.717, 1.165) is 53.8 Å². The summed E-state index contributed by atoms with van der Waals surface area (Å²) in [5, 5.41) is 13.8. The van der Waals surface area contributed by atoms with Crippen LogP contribution in [0.1, 0.15) is 69.1 Å². The summed E-state index contributed by atoms with van der Waals surface area (Å²) in [6, 6.07) is 5.94. The number of pyridine rings is 1. The first-order chi connectivity index (χ1) is 14.2. The second kappa shape index (κ2) is 7.61. The Morgan fingerprint density at radius 2 is 1.80 bits per heavy atom. The van der Waals surface area contributed by atoms with Gasteiger partial charge in [-0.25, -0.2) is 4.68 Å². The molecule has 0 unspecified atom stereocenters. The van der Waals surface area contributed by atoms with Crippen LogP contribution in [-0.2, 0) is 5.54 Å². The molecule has 0 radical (unpaired) electrons. The third kappa shape index (κ3) is 3.67. The Bertz CT molecular complexity index is 1110. The van der Waals surface area contributed by atoms with Gasteiger partial charge in [-0.1, -0.05) is 19.1 Å². The number of H-pyrrole nitrogens is 1. The van der Waals surface area contributed by atoms with Crippen molar-refractivity contribution in [3.63, 3.8) is 0 Å². The van der Waals surface area contributed by atoms with E-state index in [0.29, 0.717) is 11.5 Å². The van der Waals surface area contributed by atoms with Crippen molar-refractivity contribution in [1.29, 1.82) is 0 Å². The smallest absolute Gasteiger partial charge is 0.253 e. The molecule has 1 aromatic carbocycles. The fraction of sp³-hybridized carbons (Fsp3) is 0.565. The van der Waals surface area contributed by atoms with Crippen LogP contribution in [0.3, 0.4) is 0 Å². The summed E-state index contributed by atoms with van der Waals surface area (Å²) in [5.41, 5.74) is 3.49. The van der Waals surface area contributed by atoms with Crippen molar-refractivity contribution in [3.05, 3.63) is 51.1 Å². The van der Waals surface area contributed by atoms with Crippen LogP contribution in [0, 0.1) is 19.8 Å². The SMILES string of the molecule is Cc1ccc(C)c2[nH]c(=O)c([C@@H](c3nnnn3C(C)(C)C)N3CCC(C)CC3)cc12. The molecule has 4 rings (SSSR count). The van der Waals surface area contributed by atoms with Crippen molar-refractivity contribution in [3.8, 4) is 0 Å². The number of nitrogens with zero attached hydrogens (tertiary/aromatic N) is 5. The number of piperidine rings is 1. The quantitative estimate of drug-likeness (QED) is 0.715. The van der Waals surface area contributed by atoms with E-state index in [4.69, 9.17) is 0 Å². The van der Waals surface area contributed by atoms with E-state index in [9.17, 15) is 4.79 Å². The van der Waals surface area contributed by atoms with Crippen LogP contribution < -0.4 is 5.56 Å². The average Bonchev–Trinajstić information content (AvgIpc) is 3.17. The molecule has 0 spiro atoms. The zero-order chi connectivity index (χ0) is 21.6. The predicted octanol–water partition coefficient (Wildman–Crippen LogP) is 3.71. The Morgan fingerprint density at radius 3 is 2.47 bits per heavy atom. The van der Waals surface area contributed by atoms with Gasteiger partial charge in [0.1, 0.15) is 6.04 Å². The number of rotatable bonds is 3. The van der Waals surface area contributed by atoms with Crippen molar-refractivity contribution in [1.82, 2.24) is 30.1 Å². The summed E-state index contributed by atoms with van der Waals surface area (Å²) >= 11 is 0. The van der Waals surface area contributed by atoms with Gasteiger partial charge in [0.15, 0.2) is 5.82 Å². The number of tetrazole rings is 1. The van der Waals surface area contributed by atoms with Gasteiger partial charge in [0, 0.05) is 10.9 Å². The molecule has 7 nitrogen and oxygen atoms in total.